The van der Waals surface area contributed by atoms with E-state index in [-0.39, 0.29) is 0 Å². The summed E-state index contributed by atoms with van der Waals surface area (Å²) >= 11 is 3.21. The second-order valence-corrected chi connectivity index (χ2v) is 3.97. The van der Waals surface area contributed by atoms with Crippen LogP contribution in [0, 0.1) is 0 Å². The zero-order chi connectivity index (χ0) is 11.1. The standard InChI is InChI=1S/C10H5BrF3N/c11-8-2-1-6-5-15-9(10(12,13)14)4-7(6)3-8/h1-5H. The van der Waals surface area contributed by atoms with Crippen molar-refractivity contribution in [3.63, 3.8) is 0 Å². The van der Waals surface area contributed by atoms with Crippen molar-refractivity contribution in [1.29, 1.82) is 0 Å². The SMILES string of the molecule is FC(F)(F)c1cc2cc(Br)ccc2cn1. The van der Waals surface area contributed by atoms with Gasteiger partial charge in [0.15, 0.2) is 0 Å². The molecule has 0 amide bonds. The molecule has 0 bridgehead atoms. The van der Waals surface area contributed by atoms with Crippen molar-refractivity contribution in [3.05, 3.63) is 40.6 Å². The normalized spacial score (nSPS) is 12.0. The number of aromatic nitrogens is 1. The minimum atomic E-state index is -4.39. The van der Waals surface area contributed by atoms with Crippen molar-refractivity contribution in [2.45, 2.75) is 6.18 Å². The van der Waals surface area contributed by atoms with Crippen molar-refractivity contribution in [2.75, 3.05) is 0 Å². The van der Waals surface area contributed by atoms with Crippen LogP contribution >= 0.6 is 15.9 Å². The third kappa shape index (κ3) is 2.12. The van der Waals surface area contributed by atoms with E-state index in [9.17, 15) is 13.2 Å². The first-order chi connectivity index (χ1) is 6.97. The van der Waals surface area contributed by atoms with Crippen LogP contribution in [0.1, 0.15) is 5.69 Å². The zero-order valence-electron chi connectivity index (χ0n) is 7.35. The highest BCUT2D eigenvalue weighted by molar-refractivity contribution is 9.10. The van der Waals surface area contributed by atoms with Gasteiger partial charge in [-0.15, -0.1) is 0 Å². The largest absolute Gasteiger partial charge is 0.433 e. The van der Waals surface area contributed by atoms with Crippen molar-refractivity contribution in [1.82, 2.24) is 4.98 Å². The van der Waals surface area contributed by atoms with Gasteiger partial charge in [0, 0.05) is 16.1 Å². The molecule has 1 aromatic heterocycles. The van der Waals surface area contributed by atoms with Gasteiger partial charge in [-0.1, -0.05) is 22.0 Å². The maximum absolute atomic E-state index is 12.3. The third-order valence-electron chi connectivity index (χ3n) is 1.97. The second-order valence-electron chi connectivity index (χ2n) is 3.06. The predicted molar refractivity (Wildman–Crippen MR) is 54.4 cm³/mol. The molecule has 78 valence electrons. The highest BCUT2D eigenvalue weighted by Crippen LogP contribution is 2.30. The summed E-state index contributed by atoms with van der Waals surface area (Å²) in [5.41, 5.74) is -0.868. The molecule has 0 aliphatic rings. The fraction of sp³-hybridized carbons (Fsp3) is 0.100. The van der Waals surface area contributed by atoms with Crippen LogP contribution < -0.4 is 0 Å². The molecule has 0 spiro atoms. The summed E-state index contributed by atoms with van der Waals surface area (Å²) < 4.78 is 37.8. The number of benzene rings is 1. The Labute approximate surface area is 92.1 Å². The van der Waals surface area contributed by atoms with Gasteiger partial charge >= 0.3 is 6.18 Å². The number of nitrogens with zero attached hydrogens (tertiary/aromatic N) is 1. The molecule has 0 fully saturated rings. The van der Waals surface area contributed by atoms with Gasteiger partial charge in [0.05, 0.1) is 0 Å². The number of alkyl halides is 3. The van der Waals surface area contributed by atoms with Gasteiger partial charge in [-0.3, -0.25) is 4.98 Å². The van der Waals surface area contributed by atoms with Gasteiger partial charge in [-0.05, 0) is 23.6 Å². The molecule has 0 N–H and O–H groups in total. The van der Waals surface area contributed by atoms with E-state index in [1.807, 2.05) is 0 Å². The monoisotopic (exact) mass is 275 g/mol. The van der Waals surface area contributed by atoms with Crippen LogP contribution in [0.2, 0.25) is 0 Å². The summed E-state index contributed by atoms with van der Waals surface area (Å²) in [4.78, 5) is 3.37. The summed E-state index contributed by atoms with van der Waals surface area (Å²) in [6.07, 6.45) is -3.17. The Morgan fingerprint density at radius 2 is 1.80 bits per heavy atom. The lowest BCUT2D eigenvalue weighted by atomic mass is 10.1. The van der Waals surface area contributed by atoms with Crippen molar-refractivity contribution in [2.24, 2.45) is 0 Å². The third-order valence-corrected chi connectivity index (χ3v) is 2.47. The van der Waals surface area contributed by atoms with E-state index in [1.165, 1.54) is 6.20 Å². The number of fused-ring (bicyclic) bond motifs is 1. The van der Waals surface area contributed by atoms with Crippen LogP contribution in [-0.4, -0.2) is 4.98 Å². The molecule has 15 heavy (non-hydrogen) atoms. The summed E-state index contributed by atoms with van der Waals surface area (Å²) in [5, 5.41) is 1.21. The van der Waals surface area contributed by atoms with Gasteiger partial charge in [0.25, 0.3) is 0 Å². The number of hydrogen-bond acceptors (Lipinski definition) is 1. The van der Waals surface area contributed by atoms with E-state index in [0.717, 1.165) is 10.5 Å². The molecule has 0 atom stereocenters. The molecule has 1 heterocycles. The molecule has 1 nitrogen and oxygen atoms in total. The Kier molecular flexibility index (Phi) is 2.42. The summed E-state index contributed by atoms with van der Waals surface area (Å²) in [6.45, 7) is 0. The summed E-state index contributed by atoms with van der Waals surface area (Å²) in [7, 11) is 0. The van der Waals surface area contributed by atoms with Crippen LogP contribution in [0.15, 0.2) is 34.9 Å². The van der Waals surface area contributed by atoms with Gasteiger partial charge in [0.2, 0.25) is 0 Å². The van der Waals surface area contributed by atoms with E-state index in [2.05, 4.69) is 20.9 Å². The molecule has 0 saturated carbocycles. The van der Waals surface area contributed by atoms with Gasteiger partial charge in [0.1, 0.15) is 5.69 Å². The average molecular weight is 276 g/mol. The predicted octanol–water partition coefficient (Wildman–Crippen LogP) is 4.02. The first kappa shape index (κ1) is 10.4. The fourth-order valence-corrected chi connectivity index (χ4v) is 1.65. The average Bonchev–Trinajstić information content (AvgIpc) is 2.15. The molecule has 0 aliphatic heterocycles. The van der Waals surface area contributed by atoms with E-state index in [4.69, 9.17) is 0 Å². The fourth-order valence-electron chi connectivity index (χ4n) is 1.27. The minimum absolute atomic E-state index is 0.520. The number of rotatable bonds is 0. The van der Waals surface area contributed by atoms with Crippen LogP contribution in [0.3, 0.4) is 0 Å². The highest BCUT2D eigenvalue weighted by atomic mass is 79.9. The van der Waals surface area contributed by atoms with Crippen molar-refractivity contribution in [3.8, 4) is 0 Å². The first-order valence-corrected chi connectivity index (χ1v) is 4.88. The maximum atomic E-state index is 12.3. The van der Waals surface area contributed by atoms with E-state index in [0.29, 0.717) is 10.8 Å². The lowest BCUT2D eigenvalue weighted by molar-refractivity contribution is -0.141. The lowest BCUT2D eigenvalue weighted by Gasteiger charge is -2.06. The molecule has 0 unspecified atom stereocenters. The first-order valence-electron chi connectivity index (χ1n) is 4.09. The van der Waals surface area contributed by atoms with Crippen molar-refractivity contribution < 1.29 is 13.2 Å². The van der Waals surface area contributed by atoms with Gasteiger partial charge in [-0.2, -0.15) is 13.2 Å². The zero-order valence-corrected chi connectivity index (χ0v) is 8.93. The Morgan fingerprint density at radius 1 is 1.07 bits per heavy atom. The molecule has 0 radical (unpaired) electrons. The molecule has 2 rings (SSSR count). The van der Waals surface area contributed by atoms with Crippen LogP contribution in [0.25, 0.3) is 10.8 Å². The number of hydrogen-bond donors (Lipinski definition) is 0. The lowest BCUT2D eigenvalue weighted by Crippen LogP contribution is -2.07. The quantitative estimate of drug-likeness (QED) is 0.708. The Hall–Kier alpha value is -1.10. The maximum Gasteiger partial charge on any atom is 0.433 e. The van der Waals surface area contributed by atoms with Gasteiger partial charge in [-0.25, -0.2) is 0 Å². The van der Waals surface area contributed by atoms with E-state index < -0.39 is 11.9 Å². The number of halogens is 4. The molecule has 2 aromatic rings. The second kappa shape index (κ2) is 3.48. The number of pyridine rings is 1. The minimum Gasteiger partial charge on any atom is -0.251 e. The molecule has 0 aliphatic carbocycles. The molecular weight excluding hydrogens is 271 g/mol. The Morgan fingerprint density at radius 3 is 2.47 bits per heavy atom. The van der Waals surface area contributed by atoms with E-state index >= 15 is 0 Å². The summed E-state index contributed by atoms with van der Waals surface area (Å²) in [5.74, 6) is 0. The van der Waals surface area contributed by atoms with E-state index in [1.54, 1.807) is 18.2 Å². The molecule has 5 heteroatoms. The van der Waals surface area contributed by atoms with Crippen LogP contribution in [0.4, 0.5) is 13.2 Å². The Bertz CT molecular complexity index is 507. The topological polar surface area (TPSA) is 12.9 Å². The molecule has 0 saturated heterocycles. The van der Waals surface area contributed by atoms with Gasteiger partial charge < -0.3 is 0 Å². The van der Waals surface area contributed by atoms with Crippen molar-refractivity contribution >= 4 is 26.7 Å². The highest BCUT2D eigenvalue weighted by Gasteiger charge is 2.32. The smallest absolute Gasteiger partial charge is 0.251 e. The van der Waals surface area contributed by atoms with Crippen LogP contribution in [-0.2, 0) is 6.18 Å². The van der Waals surface area contributed by atoms with Crippen LogP contribution in [0.5, 0.6) is 0 Å². The summed E-state index contributed by atoms with van der Waals surface area (Å²) in [6, 6.07) is 6.15. The molecular formula is C10H5BrF3N. The Balaban J connectivity index is 2.64. The molecule has 1 aromatic carbocycles.